The van der Waals surface area contributed by atoms with Gasteiger partial charge in [0, 0.05) is 50.8 Å². The second-order valence-corrected chi connectivity index (χ2v) is 7.89. The number of rotatable bonds is 6. The maximum atomic E-state index is 12.6. The Labute approximate surface area is 192 Å². The van der Waals surface area contributed by atoms with Gasteiger partial charge in [-0.2, -0.15) is 0 Å². The maximum Gasteiger partial charge on any atom is 0.246 e. The molecular formula is C26H25N5O2. The number of hydrogen-bond donors (Lipinski definition) is 0. The van der Waals surface area contributed by atoms with Crippen LogP contribution in [-0.2, 0) is 11.4 Å². The zero-order valence-electron chi connectivity index (χ0n) is 18.2. The lowest BCUT2D eigenvalue weighted by Crippen LogP contribution is -2.48. The highest BCUT2D eigenvalue weighted by molar-refractivity contribution is 5.92. The summed E-state index contributed by atoms with van der Waals surface area (Å²) in [6.07, 6.45) is 9.22. The summed E-state index contributed by atoms with van der Waals surface area (Å²) in [6, 6.07) is 19.5. The van der Waals surface area contributed by atoms with Crippen LogP contribution in [-0.4, -0.2) is 51.4 Å². The average Bonchev–Trinajstić information content (AvgIpc) is 3.30. The van der Waals surface area contributed by atoms with E-state index in [1.807, 2.05) is 88.4 Å². The molecule has 0 N–H and O–H groups in total. The van der Waals surface area contributed by atoms with Crippen molar-refractivity contribution < 1.29 is 9.53 Å². The molecule has 7 heteroatoms. The highest BCUT2D eigenvalue weighted by Gasteiger charge is 2.20. The molecule has 1 amide bonds. The highest BCUT2D eigenvalue weighted by Crippen LogP contribution is 2.16. The predicted molar refractivity (Wildman–Crippen MR) is 128 cm³/mol. The monoisotopic (exact) mass is 439 g/mol. The van der Waals surface area contributed by atoms with E-state index in [0.29, 0.717) is 19.7 Å². The van der Waals surface area contributed by atoms with Crippen LogP contribution in [0.15, 0.2) is 85.3 Å². The van der Waals surface area contributed by atoms with Gasteiger partial charge in [-0.05, 0) is 48.0 Å². The van der Waals surface area contributed by atoms with E-state index in [9.17, 15) is 4.79 Å². The first-order valence-corrected chi connectivity index (χ1v) is 11.0. The number of anilines is 1. The fourth-order valence-electron chi connectivity index (χ4n) is 3.86. The van der Waals surface area contributed by atoms with Gasteiger partial charge in [-0.15, -0.1) is 0 Å². The molecule has 166 valence electrons. The molecule has 0 atom stereocenters. The van der Waals surface area contributed by atoms with Crippen LogP contribution in [0.25, 0.3) is 11.7 Å². The highest BCUT2D eigenvalue weighted by atomic mass is 16.5. The van der Waals surface area contributed by atoms with Crippen LogP contribution in [0.1, 0.15) is 11.3 Å². The van der Waals surface area contributed by atoms with E-state index in [1.54, 1.807) is 12.3 Å². The van der Waals surface area contributed by atoms with Crippen molar-refractivity contribution in [1.82, 2.24) is 19.3 Å². The molecule has 0 aliphatic carbocycles. The lowest BCUT2D eigenvalue weighted by atomic mass is 10.2. The molecule has 1 fully saturated rings. The molecule has 0 radical (unpaired) electrons. The minimum Gasteiger partial charge on any atom is -0.487 e. The molecule has 0 saturated carbocycles. The zero-order valence-corrected chi connectivity index (χ0v) is 18.2. The third-order valence-electron chi connectivity index (χ3n) is 5.66. The fraction of sp³-hybridized carbons (Fsp3) is 0.192. The molecule has 3 aromatic heterocycles. The quantitative estimate of drug-likeness (QED) is 0.429. The summed E-state index contributed by atoms with van der Waals surface area (Å²) in [5.41, 5.74) is 2.73. The SMILES string of the molecule is O=C(C=Cc1ccc(OCc2cn3ccccc3n2)cc1)N1CCN(c2ccccn2)CC1. The molecule has 0 unspecified atom stereocenters. The third-order valence-corrected chi connectivity index (χ3v) is 5.66. The Bertz CT molecular complexity index is 1210. The van der Waals surface area contributed by atoms with Crippen LogP contribution >= 0.6 is 0 Å². The standard InChI is InChI=1S/C26H25N5O2/c32-26(30-17-15-29(16-18-30)24-5-1-3-13-27-24)12-9-21-7-10-23(11-8-21)33-20-22-19-31-14-4-2-6-25(31)28-22/h1-14,19H,15-18,20H2. The van der Waals surface area contributed by atoms with Crippen molar-refractivity contribution in [2.45, 2.75) is 6.61 Å². The number of amides is 1. The Morgan fingerprint density at radius 2 is 1.79 bits per heavy atom. The van der Waals surface area contributed by atoms with Gasteiger partial charge in [0.15, 0.2) is 0 Å². The lowest BCUT2D eigenvalue weighted by molar-refractivity contribution is -0.126. The Balaban J connectivity index is 1.11. The molecule has 7 nitrogen and oxygen atoms in total. The van der Waals surface area contributed by atoms with Gasteiger partial charge in [0.1, 0.15) is 23.8 Å². The number of hydrogen-bond acceptors (Lipinski definition) is 5. The maximum absolute atomic E-state index is 12.6. The number of fused-ring (bicyclic) bond motifs is 1. The molecule has 1 aliphatic heterocycles. The van der Waals surface area contributed by atoms with Crippen LogP contribution in [0.4, 0.5) is 5.82 Å². The molecule has 1 aromatic carbocycles. The number of ether oxygens (including phenoxy) is 1. The molecule has 1 aliphatic rings. The van der Waals surface area contributed by atoms with Crippen molar-refractivity contribution in [3.8, 4) is 5.75 Å². The number of imidazole rings is 1. The van der Waals surface area contributed by atoms with E-state index < -0.39 is 0 Å². The van der Waals surface area contributed by atoms with Gasteiger partial charge < -0.3 is 18.9 Å². The van der Waals surface area contributed by atoms with Crippen molar-refractivity contribution in [2.75, 3.05) is 31.1 Å². The van der Waals surface area contributed by atoms with Crippen LogP contribution in [0.3, 0.4) is 0 Å². The normalized spacial score (nSPS) is 14.2. The second-order valence-electron chi connectivity index (χ2n) is 7.89. The molecule has 33 heavy (non-hydrogen) atoms. The summed E-state index contributed by atoms with van der Waals surface area (Å²) in [6.45, 7) is 3.36. The van der Waals surface area contributed by atoms with Crippen LogP contribution in [0.2, 0.25) is 0 Å². The number of aromatic nitrogens is 3. The predicted octanol–water partition coefficient (Wildman–Crippen LogP) is 3.67. The smallest absolute Gasteiger partial charge is 0.246 e. The molecule has 4 heterocycles. The van der Waals surface area contributed by atoms with Crippen LogP contribution < -0.4 is 9.64 Å². The Hall–Kier alpha value is -4.13. The summed E-state index contributed by atoms with van der Waals surface area (Å²) in [5, 5.41) is 0. The molecular weight excluding hydrogens is 414 g/mol. The Morgan fingerprint density at radius 3 is 2.55 bits per heavy atom. The van der Waals surface area contributed by atoms with E-state index in [-0.39, 0.29) is 5.91 Å². The first-order valence-electron chi connectivity index (χ1n) is 11.0. The lowest BCUT2D eigenvalue weighted by Gasteiger charge is -2.34. The van der Waals surface area contributed by atoms with Gasteiger partial charge in [-0.3, -0.25) is 4.79 Å². The summed E-state index contributed by atoms with van der Waals surface area (Å²) < 4.78 is 7.83. The van der Waals surface area contributed by atoms with Crippen molar-refractivity contribution >= 4 is 23.4 Å². The number of carbonyl (C=O) groups is 1. The van der Waals surface area contributed by atoms with Crippen molar-refractivity contribution in [1.29, 1.82) is 0 Å². The van der Waals surface area contributed by atoms with Gasteiger partial charge in [-0.1, -0.05) is 24.3 Å². The second kappa shape index (κ2) is 9.56. The van der Waals surface area contributed by atoms with Crippen molar-refractivity contribution in [3.05, 3.63) is 96.6 Å². The first-order chi connectivity index (χ1) is 16.2. The van der Waals surface area contributed by atoms with E-state index in [2.05, 4.69) is 14.9 Å². The van der Waals surface area contributed by atoms with Gasteiger partial charge >= 0.3 is 0 Å². The summed E-state index contributed by atoms with van der Waals surface area (Å²) in [5.74, 6) is 1.76. The minimum absolute atomic E-state index is 0.0304. The average molecular weight is 440 g/mol. The van der Waals surface area contributed by atoms with E-state index in [4.69, 9.17) is 4.74 Å². The molecule has 4 aromatic rings. The summed E-state index contributed by atoms with van der Waals surface area (Å²) in [7, 11) is 0. The number of pyridine rings is 2. The van der Waals surface area contributed by atoms with Crippen molar-refractivity contribution in [3.63, 3.8) is 0 Å². The van der Waals surface area contributed by atoms with Crippen LogP contribution in [0, 0.1) is 0 Å². The first kappa shape index (κ1) is 20.8. The summed E-state index contributed by atoms with van der Waals surface area (Å²) >= 11 is 0. The fourth-order valence-corrected chi connectivity index (χ4v) is 3.86. The van der Waals surface area contributed by atoms with Gasteiger partial charge in [-0.25, -0.2) is 9.97 Å². The largest absolute Gasteiger partial charge is 0.487 e. The number of piperazine rings is 1. The van der Waals surface area contributed by atoms with E-state index in [1.165, 1.54) is 0 Å². The Kier molecular flexibility index (Phi) is 6.01. The minimum atomic E-state index is 0.0304. The van der Waals surface area contributed by atoms with Gasteiger partial charge in [0.05, 0.1) is 5.69 Å². The topological polar surface area (TPSA) is 63.0 Å². The zero-order chi connectivity index (χ0) is 22.5. The molecule has 1 saturated heterocycles. The molecule has 0 bridgehead atoms. The Morgan fingerprint density at radius 1 is 0.970 bits per heavy atom. The number of benzene rings is 1. The van der Waals surface area contributed by atoms with E-state index >= 15 is 0 Å². The third kappa shape index (κ3) is 5.03. The summed E-state index contributed by atoms with van der Waals surface area (Å²) in [4.78, 5) is 25.6. The van der Waals surface area contributed by atoms with Gasteiger partial charge in [0.2, 0.25) is 5.91 Å². The van der Waals surface area contributed by atoms with Gasteiger partial charge in [0.25, 0.3) is 0 Å². The van der Waals surface area contributed by atoms with E-state index in [0.717, 1.165) is 41.6 Å². The number of nitrogens with zero attached hydrogens (tertiary/aromatic N) is 5. The molecule has 0 spiro atoms. The van der Waals surface area contributed by atoms with Crippen LogP contribution in [0.5, 0.6) is 5.75 Å². The molecule has 5 rings (SSSR count). The number of carbonyl (C=O) groups excluding carboxylic acids is 1. The van der Waals surface area contributed by atoms with Crippen molar-refractivity contribution in [2.24, 2.45) is 0 Å².